The van der Waals surface area contributed by atoms with Gasteiger partial charge in [-0.25, -0.2) is 8.42 Å². The first-order valence-corrected chi connectivity index (χ1v) is 9.12. The zero-order chi connectivity index (χ0) is 14.9. The highest BCUT2D eigenvalue weighted by Crippen LogP contribution is 2.32. The van der Waals surface area contributed by atoms with Crippen molar-refractivity contribution in [3.63, 3.8) is 0 Å². The summed E-state index contributed by atoms with van der Waals surface area (Å²) in [5.41, 5.74) is 0. The lowest BCUT2D eigenvalue weighted by molar-refractivity contribution is 0.0725. The van der Waals surface area contributed by atoms with E-state index in [9.17, 15) is 13.2 Å². The van der Waals surface area contributed by atoms with Crippen LogP contribution in [0.5, 0.6) is 0 Å². The number of aromatic nitrogens is 1. The van der Waals surface area contributed by atoms with E-state index in [1.54, 1.807) is 0 Å². The number of amides is 1. The molecule has 0 saturated carbocycles. The van der Waals surface area contributed by atoms with Crippen LogP contribution in [0.1, 0.15) is 27.1 Å². The zero-order valence-electron chi connectivity index (χ0n) is 11.1. The molecule has 1 aliphatic rings. The summed E-state index contributed by atoms with van der Waals surface area (Å²) >= 11 is 1.44. The molecule has 1 amide bonds. The standard InChI is InChI=1S/C13H14N2O4S2/c16-13(10-3-5-14-19-10)15-6-4-12(11-2-1-8-20-11)21(17,18)9-7-15/h1-3,5,8,12H,4,6-7,9H2. The van der Waals surface area contributed by atoms with Crippen molar-refractivity contribution in [2.24, 2.45) is 0 Å². The molecule has 1 atom stereocenters. The predicted molar refractivity (Wildman–Crippen MR) is 77.9 cm³/mol. The second kappa shape index (κ2) is 5.61. The first-order chi connectivity index (χ1) is 10.1. The van der Waals surface area contributed by atoms with Gasteiger partial charge >= 0.3 is 0 Å². The third-order valence-electron chi connectivity index (χ3n) is 3.54. The third-order valence-corrected chi connectivity index (χ3v) is 6.78. The Morgan fingerprint density at radius 3 is 2.90 bits per heavy atom. The molecule has 0 aromatic carbocycles. The number of hydrogen-bond donors (Lipinski definition) is 0. The van der Waals surface area contributed by atoms with E-state index in [0.717, 1.165) is 4.88 Å². The van der Waals surface area contributed by atoms with Gasteiger partial charge in [-0.05, 0) is 17.9 Å². The Balaban J connectivity index is 1.81. The average molecular weight is 326 g/mol. The SMILES string of the molecule is O=C(c1ccno1)N1CCC(c2cccs2)S(=O)(=O)CC1. The summed E-state index contributed by atoms with van der Waals surface area (Å²) in [6.07, 6.45) is 1.80. The molecule has 0 spiro atoms. The van der Waals surface area contributed by atoms with Gasteiger partial charge in [-0.2, -0.15) is 0 Å². The van der Waals surface area contributed by atoms with E-state index in [0.29, 0.717) is 13.0 Å². The van der Waals surface area contributed by atoms with Gasteiger partial charge in [0.2, 0.25) is 5.76 Å². The molecule has 3 heterocycles. The number of nitrogens with zero attached hydrogens (tertiary/aromatic N) is 2. The van der Waals surface area contributed by atoms with Crippen LogP contribution in [0.25, 0.3) is 0 Å². The van der Waals surface area contributed by atoms with Crippen LogP contribution in [0, 0.1) is 0 Å². The Kier molecular flexibility index (Phi) is 3.81. The summed E-state index contributed by atoms with van der Waals surface area (Å²) in [4.78, 5) is 14.6. The van der Waals surface area contributed by atoms with E-state index in [1.165, 1.54) is 28.5 Å². The lowest BCUT2D eigenvalue weighted by Crippen LogP contribution is -2.33. The van der Waals surface area contributed by atoms with Crippen LogP contribution in [0.2, 0.25) is 0 Å². The van der Waals surface area contributed by atoms with E-state index in [-0.39, 0.29) is 24.0 Å². The molecular weight excluding hydrogens is 312 g/mol. The molecule has 0 aliphatic carbocycles. The van der Waals surface area contributed by atoms with Crippen LogP contribution in [-0.2, 0) is 9.84 Å². The summed E-state index contributed by atoms with van der Waals surface area (Å²) in [5.74, 6) is -0.202. The van der Waals surface area contributed by atoms with Gasteiger partial charge in [0.1, 0.15) is 0 Å². The number of carbonyl (C=O) groups is 1. The van der Waals surface area contributed by atoms with E-state index in [4.69, 9.17) is 4.52 Å². The molecule has 8 heteroatoms. The molecule has 0 radical (unpaired) electrons. The highest BCUT2D eigenvalue weighted by Gasteiger charge is 2.34. The molecule has 1 unspecified atom stereocenters. The summed E-state index contributed by atoms with van der Waals surface area (Å²) in [6.45, 7) is 0.574. The molecule has 1 saturated heterocycles. The van der Waals surface area contributed by atoms with Crippen LogP contribution in [-0.4, -0.2) is 43.2 Å². The smallest absolute Gasteiger partial charge is 0.292 e. The van der Waals surface area contributed by atoms with Crippen LogP contribution in [0.15, 0.2) is 34.3 Å². The Morgan fingerprint density at radius 2 is 2.24 bits per heavy atom. The second-order valence-corrected chi connectivity index (χ2v) is 8.11. The first kappa shape index (κ1) is 14.3. The topological polar surface area (TPSA) is 80.5 Å². The summed E-state index contributed by atoms with van der Waals surface area (Å²) < 4.78 is 29.6. The van der Waals surface area contributed by atoms with Crippen molar-refractivity contribution in [3.05, 3.63) is 40.4 Å². The van der Waals surface area contributed by atoms with E-state index in [2.05, 4.69) is 5.16 Å². The number of carbonyl (C=O) groups excluding carboxylic acids is 1. The Labute approximate surface area is 126 Å². The van der Waals surface area contributed by atoms with E-state index < -0.39 is 15.1 Å². The van der Waals surface area contributed by atoms with Gasteiger partial charge in [0.25, 0.3) is 5.91 Å². The molecule has 112 valence electrons. The Morgan fingerprint density at radius 1 is 1.38 bits per heavy atom. The monoisotopic (exact) mass is 326 g/mol. The molecular formula is C13H14N2O4S2. The molecule has 0 bridgehead atoms. The molecule has 21 heavy (non-hydrogen) atoms. The summed E-state index contributed by atoms with van der Waals surface area (Å²) in [7, 11) is -3.25. The Bertz CT molecular complexity index is 707. The summed E-state index contributed by atoms with van der Waals surface area (Å²) in [5, 5.41) is 4.85. The van der Waals surface area contributed by atoms with Gasteiger partial charge in [-0.15, -0.1) is 11.3 Å². The number of thiophene rings is 1. The fourth-order valence-corrected chi connectivity index (χ4v) is 5.43. The molecule has 0 N–H and O–H groups in total. The molecule has 6 nitrogen and oxygen atoms in total. The van der Waals surface area contributed by atoms with Crippen molar-refractivity contribution in [2.75, 3.05) is 18.8 Å². The molecule has 2 aromatic heterocycles. The highest BCUT2D eigenvalue weighted by atomic mass is 32.2. The number of sulfone groups is 1. The second-order valence-electron chi connectivity index (χ2n) is 4.83. The van der Waals surface area contributed by atoms with Gasteiger partial charge < -0.3 is 9.42 Å². The quantitative estimate of drug-likeness (QED) is 0.840. The highest BCUT2D eigenvalue weighted by molar-refractivity contribution is 7.91. The number of hydrogen-bond acceptors (Lipinski definition) is 6. The van der Waals surface area contributed by atoms with Crippen molar-refractivity contribution in [1.29, 1.82) is 0 Å². The first-order valence-electron chi connectivity index (χ1n) is 6.53. The Hall–Kier alpha value is -1.67. The van der Waals surface area contributed by atoms with Crippen molar-refractivity contribution in [3.8, 4) is 0 Å². The van der Waals surface area contributed by atoms with Crippen LogP contribution < -0.4 is 0 Å². The van der Waals surface area contributed by atoms with Crippen molar-refractivity contribution in [1.82, 2.24) is 10.1 Å². The molecule has 1 fully saturated rings. The minimum atomic E-state index is -3.25. The number of rotatable bonds is 2. The minimum Gasteiger partial charge on any atom is -0.351 e. The lowest BCUT2D eigenvalue weighted by atomic mass is 10.2. The largest absolute Gasteiger partial charge is 0.351 e. The van der Waals surface area contributed by atoms with Gasteiger partial charge in [0.15, 0.2) is 9.84 Å². The third kappa shape index (κ3) is 2.86. The lowest BCUT2D eigenvalue weighted by Gasteiger charge is -2.17. The van der Waals surface area contributed by atoms with Gasteiger partial charge in [-0.3, -0.25) is 4.79 Å². The van der Waals surface area contributed by atoms with Gasteiger partial charge in [-0.1, -0.05) is 11.2 Å². The molecule has 3 rings (SSSR count). The van der Waals surface area contributed by atoms with Crippen molar-refractivity contribution < 1.29 is 17.7 Å². The normalized spacial score (nSPS) is 21.9. The molecule has 1 aliphatic heterocycles. The zero-order valence-corrected chi connectivity index (χ0v) is 12.8. The fourth-order valence-electron chi connectivity index (χ4n) is 2.42. The van der Waals surface area contributed by atoms with Gasteiger partial charge in [0, 0.05) is 24.0 Å². The van der Waals surface area contributed by atoms with E-state index >= 15 is 0 Å². The minimum absolute atomic E-state index is 0.0323. The maximum atomic E-state index is 12.4. The fraction of sp³-hybridized carbons (Fsp3) is 0.385. The van der Waals surface area contributed by atoms with Crippen LogP contribution in [0.4, 0.5) is 0 Å². The molecule has 2 aromatic rings. The van der Waals surface area contributed by atoms with Crippen LogP contribution >= 0.6 is 11.3 Å². The van der Waals surface area contributed by atoms with Gasteiger partial charge in [0.05, 0.1) is 17.2 Å². The van der Waals surface area contributed by atoms with Crippen molar-refractivity contribution >= 4 is 27.1 Å². The van der Waals surface area contributed by atoms with Crippen LogP contribution in [0.3, 0.4) is 0 Å². The predicted octanol–water partition coefficient (Wildman–Crippen LogP) is 1.74. The average Bonchev–Trinajstić information content (AvgIpc) is 3.12. The maximum Gasteiger partial charge on any atom is 0.292 e. The van der Waals surface area contributed by atoms with E-state index in [1.807, 2.05) is 17.5 Å². The maximum absolute atomic E-state index is 12.4. The summed E-state index contributed by atoms with van der Waals surface area (Å²) in [6, 6.07) is 5.16. The van der Waals surface area contributed by atoms with Crippen molar-refractivity contribution in [2.45, 2.75) is 11.7 Å².